The first-order valence-corrected chi connectivity index (χ1v) is 20.8. The number of anilines is 2. The summed E-state index contributed by atoms with van der Waals surface area (Å²) in [5.41, 5.74) is 17.4. The quantitative estimate of drug-likeness (QED) is 0.157. The van der Waals surface area contributed by atoms with E-state index in [9.17, 15) is 0 Å². The highest BCUT2D eigenvalue weighted by atomic mass is 15.1. The van der Waals surface area contributed by atoms with Gasteiger partial charge >= 0.3 is 0 Å². The molecule has 11 rings (SSSR count). The van der Waals surface area contributed by atoms with E-state index in [1.807, 2.05) is 0 Å². The minimum absolute atomic E-state index is 0.127. The number of fused-ring (bicyclic) bond motifs is 6. The molecule has 59 heavy (non-hydrogen) atoms. The SMILES string of the molecule is CC1(C)c2ccccc2-c2c1c1cc(-c3ccc(N(C4=CCC(c5ccc6ccccc6c5)C=C4)c4ccc(-c5ccccc5)cc4)cc3)ccc1n2-c1ccccc1. The van der Waals surface area contributed by atoms with Gasteiger partial charge in [0.1, 0.15) is 0 Å². The van der Waals surface area contributed by atoms with Crippen molar-refractivity contribution in [3.8, 4) is 39.2 Å². The first kappa shape index (κ1) is 35.0. The Morgan fingerprint density at radius 1 is 0.542 bits per heavy atom. The molecule has 0 amide bonds. The van der Waals surface area contributed by atoms with Crippen molar-refractivity contribution < 1.29 is 0 Å². The third-order valence-corrected chi connectivity index (χ3v) is 12.7. The summed E-state index contributed by atoms with van der Waals surface area (Å²) in [5, 5.41) is 3.88. The molecular formula is C57H44N2. The van der Waals surface area contributed by atoms with Gasteiger partial charge < -0.3 is 9.47 Å². The Morgan fingerprint density at radius 2 is 1.15 bits per heavy atom. The zero-order chi connectivity index (χ0) is 39.5. The van der Waals surface area contributed by atoms with E-state index in [1.54, 1.807) is 0 Å². The molecule has 0 saturated heterocycles. The van der Waals surface area contributed by atoms with E-state index in [0.717, 1.165) is 17.8 Å². The molecule has 2 aliphatic rings. The fraction of sp³-hybridized carbons (Fsp3) is 0.0877. The summed E-state index contributed by atoms with van der Waals surface area (Å²) in [7, 11) is 0. The molecule has 0 radical (unpaired) electrons. The number of aromatic nitrogens is 1. The standard InChI is InChI=1S/C57H44N2/c1-57(2)53-20-12-11-19-51(53)56-55(57)52-38-46(29-36-54(52)59(56)47-17-7-4-8-18-47)43-27-34-50(35-28-43)58(48-30-23-41(24-31-48)39-13-5-3-6-14-39)49-32-25-42(26-33-49)45-22-21-40-15-9-10-16-44(40)37-45/h3-25,27-38,42H,26H2,1-2H3. The molecule has 1 heterocycles. The van der Waals surface area contributed by atoms with Crippen molar-refractivity contribution in [3.05, 3.63) is 235 Å². The average molecular weight is 757 g/mol. The summed E-state index contributed by atoms with van der Waals surface area (Å²) >= 11 is 0. The number of nitrogens with zero attached hydrogens (tertiary/aromatic N) is 2. The minimum atomic E-state index is -0.127. The van der Waals surface area contributed by atoms with Crippen LogP contribution in [0.1, 0.15) is 42.9 Å². The Labute approximate surface area is 346 Å². The summed E-state index contributed by atoms with van der Waals surface area (Å²) in [4.78, 5) is 2.40. The molecule has 282 valence electrons. The molecule has 2 nitrogen and oxygen atoms in total. The van der Waals surface area contributed by atoms with Crippen molar-refractivity contribution in [3.63, 3.8) is 0 Å². The Morgan fingerprint density at radius 3 is 1.86 bits per heavy atom. The Hall–Kier alpha value is -7.16. The van der Waals surface area contributed by atoms with Crippen molar-refractivity contribution in [2.45, 2.75) is 31.6 Å². The van der Waals surface area contributed by atoms with Gasteiger partial charge in [-0.1, -0.05) is 172 Å². The second-order valence-electron chi connectivity index (χ2n) is 16.5. The van der Waals surface area contributed by atoms with Crippen LogP contribution in [0.5, 0.6) is 0 Å². The summed E-state index contributed by atoms with van der Waals surface area (Å²) in [6.45, 7) is 4.76. The predicted molar refractivity (Wildman–Crippen MR) is 249 cm³/mol. The molecule has 1 aromatic heterocycles. The van der Waals surface area contributed by atoms with E-state index in [0.29, 0.717) is 5.92 Å². The van der Waals surface area contributed by atoms with E-state index in [2.05, 4.69) is 236 Å². The Balaban J connectivity index is 0.970. The smallest absolute Gasteiger partial charge is 0.0584 e. The fourth-order valence-electron chi connectivity index (χ4n) is 9.72. The van der Waals surface area contributed by atoms with Crippen LogP contribution in [0.2, 0.25) is 0 Å². The maximum absolute atomic E-state index is 2.47. The van der Waals surface area contributed by atoms with Gasteiger partial charge in [0.15, 0.2) is 0 Å². The zero-order valence-corrected chi connectivity index (χ0v) is 33.4. The summed E-state index contributed by atoms with van der Waals surface area (Å²) < 4.78 is 2.47. The Bertz CT molecular complexity index is 3070. The van der Waals surface area contributed by atoms with Gasteiger partial charge in [-0.15, -0.1) is 0 Å². The van der Waals surface area contributed by atoms with Crippen LogP contribution in [0, 0.1) is 0 Å². The largest absolute Gasteiger partial charge is 0.311 e. The maximum Gasteiger partial charge on any atom is 0.0584 e. The van der Waals surface area contributed by atoms with Crippen LogP contribution in [0.4, 0.5) is 11.4 Å². The lowest BCUT2D eigenvalue weighted by Gasteiger charge is -2.29. The first-order valence-electron chi connectivity index (χ1n) is 20.8. The van der Waals surface area contributed by atoms with Crippen molar-refractivity contribution >= 4 is 33.1 Å². The van der Waals surface area contributed by atoms with E-state index >= 15 is 0 Å². The lowest BCUT2D eigenvalue weighted by molar-refractivity contribution is 0.666. The van der Waals surface area contributed by atoms with E-state index in [-0.39, 0.29) is 5.41 Å². The van der Waals surface area contributed by atoms with Crippen molar-refractivity contribution in [2.75, 3.05) is 4.90 Å². The maximum atomic E-state index is 2.47. The highest BCUT2D eigenvalue weighted by Gasteiger charge is 2.40. The van der Waals surface area contributed by atoms with Crippen LogP contribution in [0.25, 0.3) is 60.9 Å². The lowest BCUT2D eigenvalue weighted by Crippen LogP contribution is -2.17. The number of hydrogen-bond donors (Lipinski definition) is 0. The van der Waals surface area contributed by atoms with Gasteiger partial charge in [-0.3, -0.25) is 0 Å². The third kappa shape index (κ3) is 5.94. The van der Waals surface area contributed by atoms with Crippen LogP contribution >= 0.6 is 0 Å². The lowest BCUT2D eigenvalue weighted by atomic mass is 9.81. The van der Waals surface area contributed by atoms with Gasteiger partial charge in [-0.25, -0.2) is 0 Å². The molecule has 9 aromatic rings. The van der Waals surface area contributed by atoms with Crippen molar-refractivity contribution in [1.82, 2.24) is 4.57 Å². The predicted octanol–water partition coefficient (Wildman–Crippen LogP) is 15.2. The first-order chi connectivity index (χ1) is 29.0. The molecule has 1 unspecified atom stereocenters. The van der Waals surface area contributed by atoms with Crippen LogP contribution in [-0.2, 0) is 5.41 Å². The molecule has 0 spiro atoms. The zero-order valence-electron chi connectivity index (χ0n) is 33.4. The minimum Gasteiger partial charge on any atom is -0.311 e. The number of allylic oxidation sites excluding steroid dienone is 3. The van der Waals surface area contributed by atoms with E-state index < -0.39 is 0 Å². The average Bonchev–Trinajstić information content (AvgIpc) is 3.77. The normalized spacial score (nSPS) is 15.2. The molecule has 0 saturated carbocycles. The molecule has 0 N–H and O–H groups in total. The summed E-state index contributed by atoms with van der Waals surface area (Å²) in [6, 6.07) is 71.1. The second-order valence-corrected chi connectivity index (χ2v) is 16.5. The van der Waals surface area contributed by atoms with Crippen LogP contribution in [-0.4, -0.2) is 4.57 Å². The topological polar surface area (TPSA) is 8.17 Å². The number of rotatable bonds is 7. The van der Waals surface area contributed by atoms with Crippen LogP contribution < -0.4 is 4.90 Å². The van der Waals surface area contributed by atoms with Gasteiger partial charge in [0.25, 0.3) is 0 Å². The van der Waals surface area contributed by atoms with E-state index in [1.165, 1.54) is 83.3 Å². The summed E-state index contributed by atoms with van der Waals surface area (Å²) in [5.74, 6) is 0.332. The molecule has 0 fully saturated rings. The molecule has 2 heteroatoms. The molecule has 0 aliphatic heterocycles. The second kappa shape index (κ2) is 14.0. The summed E-state index contributed by atoms with van der Waals surface area (Å²) in [6.07, 6.45) is 8.04. The van der Waals surface area contributed by atoms with Crippen molar-refractivity contribution in [2.24, 2.45) is 0 Å². The monoisotopic (exact) mass is 756 g/mol. The number of benzene rings is 8. The fourth-order valence-corrected chi connectivity index (χ4v) is 9.72. The van der Waals surface area contributed by atoms with E-state index in [4.69, 9.17) is 0 Å². The number of hydrogen-bond acceptors (Lipinski definition) is 1. The van der Waals surface area contributed by atoms with Gasteiger partial charge in [0.05, 0.1) is 11.2 Å². The molecule has 1 atom stereocenters. The third-order valence-electron chi connectivity index (χ3n) is 12.7. The van der Waals surface area contributed by atoms with Gasteiger partial charge in [-0.05, 0) is 111 Å². The highest BCUT2D eigenvalue weighted by Crippen LogP contribution is 2.54. The molecular weight excluding hydrogens is 713 g/mol. The highest BCUT2D eigenvalue weighted by molar-refractivity contribution is 6.01. The van der Waals surface area contributed by atoms with Gasteiger partial charge in [0, 0.05) is 45.0 Å². The van der Waals surface area contributed by atoms with Crippen molar-refractivity contribution in [1.29, 1.82) is 0 Å². The van der Waals surface area contributed by atoms with Crippen LogP contribution in [0.15, 0.2) is 218 Å². The molecule has 0 bridgehead atoms. The molecule has 2 aliphatic carbocycles. The van der Waals surface area contributed by atoms with Gasteiger partial charge in [0.2, 0.25) is 0 Å². The number of para-hydroxylation sites is 1. The molecule has 8 aromatic carbocycles. The van der Waals surface area contributed by atoms with Gasteiger partial charge in [-0.2, -0.15) is 0 Å². The Kier molecular flexibility index (Phi) is 8.34. The van der Waals surface area contributed by atoms with Crippen LogP contribution in [0.3, 0.4) is 0 Å².